The standard InChI is InChI=1S/C14H16ClFN2O/c1-14(2)4-3-5-17-12(14)13-18-10-6-8(15)9(16)7-11(10)19-13/h6-7,12,17H,3-5H2,1-2H3. The molecule has 0 radical (unpaired) electrons. The van der Waals surface area contributed by atoms with Crippen molar-refractivity contribution in [1.29, 1.82) is 0 Å². The summed E-state index contributed by atoms with van der Waals surface area (Å²) < 4.78 is 19.1. The van der Waals surface area contributed by atoms with Crippen molar-refractivity contribution >= 4 is 22.7 Å². The number of hydrogen-bond donors (Lipinski definition) is 1. The molecule has 0 saturated carbocycles. The average molecular weight is 283 g/mol. The molecule has 2 heterocycles. The van der Waals surface area contributed by atoms with E-state index in [0.717, 1.165) is 19.4 Å². The summed E-state index contributed by atoms with van der Waals surface area (Å²) in [5.41, 5.74) is 1.12. The largest absolute Gasteiger partial charge is 0.439 e. The third kappa shape index (κ3) is 2.23. The highest BCUT2D eigenvalue weighted by molar-refractivity contribution is 6.31. The summed E-state index contributed by atoms with van der Waals surface area (Å²) in [6.45, 7) is 5.32. The van der Waals surface area contributed by atoms with Crippen molar-refractivity contribution in [3.8, 4) is 0 Å². The topological polar surface area (TPSA) is 38.1 Å². The SMILES string of the molecule is CC1(C)CCCNC1c1nc2cc(Cl)c(F)cc2o1. The molecule has 1 aromatic heterocycles. The van der Waals surface area contributed by atoms with Gasteiger partial charge in [-0.25, -0.2) is 9.37 Å². The van der Waals surface area contributed by atoms with Gasteiger partial charge in [-0.3, -0.25) is 0 Å². The Labute approximate surface area is 116 Å². The van der Waals surface area contributed by atoms with Crippen LogP contribution in [0.25, 0.3) is 11.1 Å². The number of hydrogen-bond acceptors (Lipinski definition) is 3. The van der Waals surface area contributed by atoms with E-state index in [-0.39, 0.29) is 16.5 Å². The number of fused-ring (bicyclic) bond motifs is 1. The molecule has 1 unspecified atom stereocenters. The minimum atomic E-state index is -0.479. The number of aromatic nitrogens is 1. The molecule has 3 rings (SSSR count). The fraction of sp³-hybridized carbons (Fsp3) is 0.500. The molecule has 1 aromatic carbocycles. The van der Waals surface area contributed by atoms with Crippen molar-refractivity contribution in [1.82, 2.24) is 10.3 Å². The zero-order chi connectivity index (χ0) is 13.6. The Bertz CT molecular complexity index is 584. The van der Waals surface area contributed by atoms with Crippen LogP contribution in [0.4, 0.5) is 4.39 Å². The van der Waals surface area contributed by atoms with Gasteiger partial charge in [-0.2, -0.15) is 0 Å². The minimum Gasteiger partial charge on any atom is -0.439 e. The summed E-state index contributed by atoms with van der Waals surface area (Å²) in [7, 11) is 0. The van der Waals surface area contributed by atoms with Gasteiger partial charge in [-0.15, -0.1) is 0 Å². The highest BCUT2D eigenvalue weighted by atomic mass is 35.5. The lowest BCUT2D eigenvalue weighted by atomic mass is 9.77. The van der Waals surface area contributed by atoms with Crippen LogP contribution >= 0.6 is 11.6 Å². The molecule has 2 aromatic rings. The maximum Gasteiger partial charge on any atom is 0.213 e. The summed E-state index contributed by atoms with van der Waals surface area (Å²) in [5, 5.41) is 3.51. The van der Waals surface area contributed by atoms with Crippen LogP contribution in [0.2, 0.25) is 5.02 Å². The van der Waals surface area contributed by atoms with E-state index in [1.807, 2.05) is 0 Å². The van der Waals surface area contributed by atoms with Crippen LogP contribution in [-0.4, -0.2) is 11.5 Å². The van der Waals surface area contributed by atoms with E-state index in [1.54, 1.807) is 0 Å². The van der Waals surface area contributed by atoms with Gasteiger partial charge in [-0.1, -0.05) is 25.4 Å². The Morgan fingerprint density at radius 2 is 2.26 bits per heavy atom. The van der Waals surface area contributed by atoms with Gasteiger partial charge in [0.25, 0.3) is 0 Å². The van der Waals surface area contributed by atoms with Crippen LogP contribution in [0.1, 0.15) is 38.6 Å². The Morgan fingerprint density at radius 3 is 3.00 bits per heavy atom. The zero-order valence-corrected chi connectivity index (χ0v) is 11.7. The summed E-state index contributed by atoms with van der Waals surface area (Å²) in [6.07, 6.45) is 2.25. The van der Waals surface area contributed by atoms with Crippen LogP contribution in [0.15, 0.2) is 16.5 Å². The van der Waals surface area contributed by atoms with Crippen molar-refractivity contribution in [2.24, 2.45) is 5.41 Å². The van der Waals surface area contributed by atoms with Crippen LogP contribution < -0.4 is 5.32 Å². The molecular formula is C14H16ClFN2O. The number of nitrogens with one attached hydrogen (secondary N) is 1. The van der Waals surface area contributed by atoms with Gasteiger partial charge < -0.3 is 9.73 Å². The van der Waals surface area contributed by atoms with E-state index in [2.05, 4.69) is 24.1 Å². The predicted molar refractivity (Wildman–Crippen MR) is 72.7 cm³/mol. The molecule has 0 aliphatic carbocycles. The third-order valence-corrected chi connectivity index (χ3v) is 4.11. The second kappa shape index (κ2) is 4.46. The molecule has 1 saturated heterocycles. The normalized spacial score (nSPS) is 22.8. The Balaban J connectivity index is 2.05. The molecule has 0 spiro atoms. The predicted octanol–water partition coefficient (Wildman–Crippen LogP) is 4.07. The lowest BCUT2D eigenvalue weighted by Crippen LogP contribution is -2.39. The molecule has 102 valence electrons. The molecule has 3 nitrogen and oxygen atoms in total. The van der Waals surface area contributed by atoms with Gasteiger partial charge in [0.2, 0.25) is 5.89 Å². The number of nitrogens with zero attached hydrogens (tertiary/aromatic N) is 1. The number of benzene rings is 1. The second-order valence-corrected chi connectivity index (χ2v) is 6.17. The smallest absolute Gasteiger partial charge is 0.213 e. The summed E-state index contributed by atoms with van der Waals surface area (Å²) in [4.78, 5) is 4.45. The van der Waals surface area contributed by atoms with E-state index in [9.17, 15) is 4.39 Å². The van der Waals surface area contributed by atoms with Gasteiger partial charge in [0, 0.05) is 6.07 Å². The molecule has 1 N–H and O–H groups in total. The maximum absolute atomic E-state index is 13.4. The molecule has 0 amide bonds. The van der Waals surface area contributed by atoms with Crippen LogP contribution in [0, 0.1) is 11.2 Å². The van der Waals surface area contributed by atoms with Gasteiger partial charge >= 0.3 is 0 Å². The van der Waals surface area contributed by atoms with Crippen molar-refractivity contribution in [3.63, 3.8) is 0 Å². The van der Waals surface area contributed by atoms with Gasteiger partial charge in [0.05, 0.1) is 11.1 Å². The van der Waals surface area contributed by atoms with Crippen LogP contribution in [0.3, 0.4) is 0 Å². The highest BCUT2D eigenvalue weighted by Crippen LogP contribution is 2.40. The molecule has 0 bridgehead atoms. The minimum absolute atomic E-state index is 0.0514. The van der Waals surface area contributed by atoms with E-state index in [4.69, 9.17) is 16.0 Å². The molecule has 1 fully saturated rings. The Morgan fingerprint density at radius 1 is 1.47 bits per heavy atom. The summed E-state index contributed by atoms with van der Waals surface area (Å²) in [5.74, 6) is 0.133. The summed E-state index contributed by atoms with van der Waals surface area (Å²) in [6, 6.07) is 2.86. The quantitative estimate of drug-likeness (QED) is 0.857. The van der Waals surface area contributed by atoms with E-state index in [1.165, 1.54) is 12.1 Å². The Hall–Kier alpha value is -1.13. The monoisotopic (exact) mass is 282 g/mol. The highest BCUT2D eigenvalue weighted by Gasteiger charge is 2.36. The fourth-order valence-electron chi connectivity index (χ4n) is 2.70. The van der Waals surface area contributed by atoms with E-state index >= 15 is 0 Å². The van der Waals surface area contributed by atoms with Crippen LogP contribution in [0.5, 0.6) is 0 Å². The van der Waals surface area contributed by atoms with Crippen molar-refractivity contribution in [3.05, 3.63) is 28.9 Å². The molecule has 1 aliphatic heterocycles. The average Bonchev–Trinajstić information content (AvgIpc) is 2.71. The first-order valence-electron chi connectivity index (χ1n) is 6.46. The lowest BCUT2D eigenvalue weighted by molar-refractivity contribution is 0.157. The number of rotatable bonds is 1. The van der Waals surface area contributed by atoms with Crippen molar-refractivity contribution in [2.45, 2.75) is 32.7 Å². The van der Waals surface area contributed by atoms with Gasteiger partial charge in [-0.05, 0) is 30.9 Å². The molecule has 19 heavy (non-hydrogen) atoms. The third-order valence-electron chi connectivity index (χ3n) is 3.82. The first-order valence-corrected chi connectivity index (χ1v) is 6.84. The van der Waals surface area contributed by atoms with Crippen molar-refractivity contribution in [2.75, 3.05) is 6.54 Å². The first-order chi connectivity index (χ1) is 8.97. The lowest BCUT2D eigenvalue weighted by Gasteiger charge is -2.37. The van der Waals surface area contributed by atoms with E-state index < -0.39 is 5.82 Å². The Kier molecular flexibility index (Phi) is 3.02. The maximum atomic E-state index is 13.4. The molecule has 1 atom stereocenters. The number of oxazole rings is 1. The number of piperidine rings is 1. The number of halogens is 2. The van der Waals surface area contributed by atoms with Gasteiger partial charge in [0.15, 0.2) is 5.58 Å². The first kappa shape index (κ1) is 12.9. The fourth-order valence-corrected chi connectivity index (χ4v) is 2.86. The molecule has 5 heteroatoms. The van der Waals surface area contributed by atoms with Crippen LogP contribution in [-0.2, 0) is 0 Å². The van der Waals surface area contributed by atoms with Gasteiger partial charge in [0.1, 0.15) is 11.3 Å². The zero-order valence-electron chi connectivity index (χ0n) is 11.0. The summed E-state index contributed by atoms with van der Waals surface area (Å²) >= 11 is 5.77. The van der Waals surface area contributed by atoms with Crippen molar-refractivity contribution < 1.29 is 8.81 Å². The molecular weight excluding hydrogens is 267 g/mol. The van der Waals surface area contributed by atoms with E-state index in [0.29, 0.717) is 17.0 Å². The second-order valence-electron chi connectivity index (χ2n) is 5.77. The molecule has 1 aliphatic rings.